The van der Waals surface area contributed by atoms with E-state index in [2.05, 4.69) is 135 Å². The van der Waals surface area contributed by atoms with E-state index >= 15 is 0 Å². The highest BCUT2D eigenvalue weighted by molar-refractivity contribution is 7.25. The van der Waals surface area contributed by atoms with Crippen molar-refractivity contribution in [3.8, 4) is 28.2 Å². The zero-order valence-electron chi connectivity index (χ0n) is 22.6. The van der Waals surface area contributed by atoms with Crippen molar-refractivity contribution >= 4 is 42.7 Å². The zero-order valence-corrected chi connectivity index (χ0v) is 23.4. The standard InChI is InChI=1S/C35H29N3S/c1-22-14-19-27-32-28(23-10-6-5-7-11-23)20-24(21-31(32)39-34(27)36-22)33-37-29-12-8-9-13-30(29)38(33)26-17-15-25(16-18-26)35(2,3)4/h5-21H,1-4H3. The fourth-order valence-electron chi connectivity index (χ4n) is 5.44. The van der Waals surface area contributed by atoms with Gasteiger partial charge in [-0.15, -0.1) is 11.3 Å². The molecular formula is C35H29N3S. The van der Waals surface area contributed by atoms with Gasteiger partial charge in [-0.2, -0.15) is 0 Å². The van der Waals surface area contributed by atoms with E-state index in [0.717, 1.165) is 38.6 Å². The number of aromatic nitrogens is 3. The number of para-hydroxylation sites is 2. The number of rotatable bonds is 3. The summed E-state index contributed by atoms with van der Waals surface area (Å²) in [5, 5.41) is 2.46. The molecule has 0 aliphatic carbocycles. The van der Waals surface area contributed by atoms with E-state index < -0.39 is 0 Å². The van der Waals surface area contributed by atoms with Crippen molar-refractivity contribution in [2.75, 3.05) is 0 Å². The molecule has 0 amide bonds. The van der Waals surface area contributed by atoms with Gasteiger partial charge in [-0.05, 0) is 77.6 Å². The molecule has 4 heteroatoms. The molecule has 0 N–H and O–H groups in total. The summed E-state index contributed by atoms with van der Waals surface area (Å²) in [6, 6.07) is 36.9. The number of pyridine rings is 1. The number of nitrogens with zero attached hydrogens (tertiary/aromatic N) is 3. The van der Waals surface area contributed by atoms with Crippen LogP contribution in [-0.4, -0.2) is 14.5 Å². The molecule has 0 saturated heterocycles. The summed E-state index contributed by atoms with van der Waals surface area (Å²) in [5.41, 5.74) is 9.16. The van der Waals surface area contributed by atoms with Crippen LogP contribution in [0.4, 0.5) is 0 Å². The molecule has 0 unspecified atom stereocenters. The fourth-order valence-corrected chi connectivity index (χ4v) is 6.63. The molecule has 0 spiro atoms. The molecule has 0 aliphatic heterocycles. The third-order valence-corrected chi connectivity index (χ3v) is 8.52. The Morgan fingerprint density at radius 1 is 0.718 bits per heavy atom. The summed E-state index contributed by atoms with van der Waals surface area (Å²) in [7, 11) is 0. The van der Waals surface area contributed by atoms with Crippen LogP contribution in [0.25, 0.3) is 59.5 Å². The van der Waals surface area contributed by atoms with Gasteiger partial charge in [0.1, 0.15) is 10.7 Å². The highest BCUT2D eigenvalue weighted by Crippen LogP contribution is 2.43. The topological polar surface area (TPSA) is 30.7 Å². The van der Waals surface area contributed by atoms with Crippen LogP contribution in [0.5, 0.6) is 0 Å². The molecule has 0 bridgehead atoms. The summed E-state index contributed by atoms with van der Waals surface area (Å²) in [6.07, 6.45) is 0. The Morgan fingerprint density at radius 2 is 1.46 bits per heavy atom. The van der Waals surface area contributed by atoms with E-state index in [1.54, 1.807) is 11.3 Å². The lowest BCUT2D eigenvalue weighted by molar-refractivity contribution is 0.590. The molecule has 39 heavy (non-hydrogen) atoms. The zero-order chi connectivity index (χ0) is 26.7. The van der Waals surface area contributed by atoms with Gasteiger partial charge in [0.05, 0.1) is 11.0 Å². The SMILES string of the molecule is Cc1ccc2c(n1)sc1cc(-c3nc4ccccc4n3-c3ccc(C(C)(C)C)cc3)cc(-c3ccccc3)c12. The second-order valence-electron chi connectivity index (χ2n) is 11.2. The van der Waals surface area contributed by atoms with Gasteiger partial charge in [-0.1, -0.05) is 75.4 Å². The summed E-state index contributed by atoms with van der Waals surface area (Å²) in [6.45, 7) is 8.81. The van der Waals surface area contributed by atoms with E-state index in [9.17, 15) is 0 Å². The monoisotopic (exact) mass is 523 g/mol. The molecule has 7 aromatic rings. The van der Waals surface area contributed by atoms with E-state index in [-0.39, 0.29) is 5.41 Å². The summed E-state index contributed by atoms with van der Waals surface area (Å²) in [4.78, 5) is 11.1. The van der Waals surface area contributed by atoms with Gasteiger partial charge in [0, 0.05) is 32.4 Å². The molecule has 0 radical (unpaired) electrons. The molecular weight excluding hydrogens is 494 g/mol. The average molecular weight is 524 g/mol. The lowest BCUT2D eigenvalue weighted by Crippen LogP contribution is -2.11. The molecule has 190 valence electrons. The van der Waals surface area contributed by atoms with Gasteiger partial charge in [0.2, 0.25) is 0 Å². The smallest absolute Gasteiger partial charge is 0.145 e. The van der Waals surface area contributed by atoms with Gasteiger partial charge in [-0.3, -0.25) is 4.57 Å². The minimum absolute atomic E-state index is 0.0988. The predicted octanol–water partition coefficient (Wildman–Crippen LogP) is 9.73. The predicted molar refractivity (Wildman–Crippen MR) is 166 cm³/mol. The maximum atomic E-state index is 5.19. The Kier molecular flexibility index (Phi) is 5.43. The molecule has 0 saturated carbocycles. The minimum Gasteiger partial charge on any atom is -0.292 e. The first kappa shape index (κ1) is 23.8. The number of thiophene rings is 1. The molecule has 7 rings (SSSR count). The number of hydrogen-bond donors (Lipinski definition) is 0. The van der Waals surface area contributed by atoms with Gasteiger partial charge in [0.15, 0.2) is 0 Å². The molecule has 0 atom stereocenters. The average Bonchev–Trinajstić information content (AvgIpc) is 3.50. The second-order valence-corrected chi connectivity index (χ2v) is 12.3. The Balaban J connectivity index is 1.53. The summed E-state index contributed by atoms with van der Waals surface area (Å²) < 4.78 is 3.52. The van der Waals surface area contributed by atoms with Crippen LogP contribution in [-0.2, 0) is 5.41 Å². The first-order valence-corrected chi connectivity index (χ1v) is 14.2. The maximum absolute atomic E-state index is 5.19. The number of benzene rings is 4. The fraction of sp³-hybridized carbons (Fsp3) is 0.143. The number of hydrogen-bond acceptors (Lipinski definition) is 3. The molecule has 0 aliphatic rings. The van der Waals surface area contributed by atoms with Crippen LogP contribution in [0.3, 0.4) is 0 Å². The lowest BCUT2D eigenvalue weighted by atomic mass is 9.87. The molecule has 0 fully saturated rings. The quantitative estimate of drug-likeness (QED) is 0.231. The first-order valence-electron chi connectivity index (χ1n) is 13.3. The van der Waals surface area contributed by atoms with Crippen molar-refractivity contribution in [2.24, 2.45) is 0 Å². The van der Waals surface area contributed by atoms with Crippen LogP contribution in [0.1, 0.15) is 32.0 Å². The largest absolute Gasteiger partial charge is 0.292 e. The van der Waals surface area contributed by atoms with E-state index in [4.69, 9.17) is 9.97 Å². The molecule has 3 nitrogen and oxygen atoms in total. The van der Waals surface area contributed by atoms with E-state index in [0.29, 0.717) is 0 Å². The maximum Gasteiger partial charge on any atom is 0.145 e. The lowest BCUT2D eigenvalue weighted by Gasteiger charge is -2.20. The van der Waals surface area contributed by atoms with Crippen LogP contribution in [0, 0.1) is 6.92 Å². The van der Waals surface area contributed by atoms with Crippen molar-refractivity contribution in [1.29, 1.82) is 0 Å². The van der Waals surface area contributed by atoms with Gasteiger partial charge < -0.3 is 0 Å². The highest BCUT2D eigenvalue weighted by Gasteiger charge is 2.20. The molecule has 3 aromatic heterocycles. The molecule has 4 aromatic carbocycles. The van der Waals surface area contributed by atoms with Crippen molar-refractivity contribution in [2.45, 2.75) is 33.1 Å². The van der Waals surface area contributed by atoms with Gasteiger partial charge in [0.25, 0.3) is 0 Å². The second kappa shape index (κ2) is 8.89. The van der Waals surface area contributed by atoms with E-state index in [1.807, 2.05) is 0 Å². The first-order chi connectivity index (χ1) is 18.9. The van der Waals surface area contributed by atoms with Crippen LogP contribution in [0.2, 0.25) is 0 Å². The Labute approximate surface area is 232 Å². The van der Waals surface area contributed by atoms with Gasteiger partial charge in [-0.25, -0.2) is 9.97 Å². The van der Waals surface area contributed by atoms with E-state index in [1.165, 1.54) is 32.2 Å². The number of fused-ring (bicyclic) bond motifs is 4. The Bertz CT molecular complexity index is 1990. The van der Waals surface area contributed by atoms with Crippen molar-refractivity contribution in [3.63, 3.8) is 0 Å². The Hall–Kier alpha value is -4.28. The van der Waals surface area contributed by atoms with Crippen LogP contribution >= 0.6 is 11.3 Å². The van der Waals surface area contributed by atoms with Crippen molar-refractivity contribution < 1.29 is 0 Å². The third kappa shape index (κ3) is 4.03. The summed E-state index contributed by atoms with van der Waals surface area (Å²) >= 11 is 1.76. The van der Waals surface area contributed by atoms with Crippen molar-refractivity contribution in [1.82, 2.24) is 14.5 Å². The molecule has 3 heterocycles. The number of imidazole rings is 1. The van der Waals surface area contributed by atoms with Crippen LogP contribution < -0.4 is 0 Å². The van der Waals surface area contributed by atoms with Gasteiger partial charge >= 0.3 is 0 Å². The number of aryl methyl sites for hydroxylation is 1. The normalized spacial score (nSPS) is 12.1. The highest BCUT2D eigenvalue weighted by atomic mass is 32.1. The summed E-state index contributed by atoms with van der Waals surface area (Å²) in [5.74, 6) is 0.945. The minimum atomic E-state index is 0.0988. The van der Waals surface area contributed by atoms with Crippen molar-refractivity contribution in [3.05, 3.63) is 114 Å². The Morgan fingerprint density at radius 3 is 2.23 bits per heavy atom. The third-order valence-electron chi connectivity index (χ3n) is 7.47. The van der Waals surface area contributed by atoms with Crippen LogP contribution in [0.15, 0.2) is 103 Å².